The number of benzene rings is 2. The number of carbonyl (C=O) groups is 2. The van der Waals surface area contributed by atoms with E-state index in [1.807, 2.05) is 42.5 Å². The third kappa shape index (κ3) is 4.68. The summed E-state index contributed by atoms with van der Waals surface area (Å²) < 4.78 is 3.00. The number of hydrogen-bond donors (Lipinski definition) is 2. The Morgan fingerprint density at radius 1 is 1.00 bits per heavy atom. The summed E-state index contributed by atoms with van der Waals surface area (Å²) in [5.41, 5.74) is 1.70. The van der Waals surface area contributed by atoms with Crippen molar-refractivity contribution in [2.75, 3.05) is 18.4 Å². The highest BCUT2D eigenvalue weighted by Gasteiger charge is 2.24. The van der Waals surface area contributed by atoms with Crippen molar-refractivity contribution in [3.63, 3.8) is 0 Å². The van der Waals surface area contributed by atoms with Crippen molar-refractivity contribution in [2.24, 2.45) is 0 Å². The van der Waals surface area contributed by atoms with Crippen LogP contribution in [0.1, 0.15) is 12.2 Å². The summed E-state index contributed by atoms with van der Waals surface area (Å²) in [5, 5.41) is 14.0. The van der Waals surface area contributed by atoms with E-state index in [-0.39, 0.29) is 24.9 Å². The predicted molar refractivity (Wildman–Crippen MR) is 117 cm³/mol. The molecule has 0 saturated carbocycles. The van der Waals surface area contributed by atoms with Crippen LogP contribution in [0, 0.1) is 0 Å². The molecule has 2 N–H and O–H groups in total. The van der Waals surface area contributed by atoms with Crippen molar-refractivity contribution in [3.05, 3.63) is 64.9 Å². The number of aromatic nitrogens is 3. The number of hydrogen-bond acceptors (Lipinski definition) is 4. The number of fused-ring (bicyclic) bond motifs is 1. The first-order valence-corrected chi connectivity index (χ1v) is 10.4. The fourth-order valence-corrected chi connectivity index (χ4v) is 3.59. The zero-order chi connectivity index (χ0) is 20.9. The number of rotatable bonds is 5. The van der Waals surface area contributed by atoms with E-state index < -0.39 is 0 Å². The zero-order valence-corrected chi connectivity index (χ0v) is 17.8. The molecule has 30 heavy (non-hydrogen) atoms. The van der Waals surface area contributed by atoms with Gasteiger partial charge in [-0.15, -0.1) is 10.2 Å². The molecule has 1 aliphatic heterocycles. The van der Waals surface area contributed by atoms with Crippen molar-refractivity contribution in [2.45, 2.75) is 19.5 Å². The van der Waals surface area contributed by atoms with Gasteiger partial charge in [-0.1, -0.05) is 46.3 Å². The van der Waals surface area contributed by atoms with Crippen LogP contribution in [0.5, 0.6) is 0 Å². The van der Waals surface area contributed by atoms with Gasteiger partial charge in [0, 0.05) is 41.8 Å². The lowest BCUT2D eigenvalue weighted by molar-refractivity contribution is -0.132. The highest BCUT2D eigenvalue weighted by Crippen LogP contribution is 2.21. The summed E-state index contributed by atoms with van der Waals surface area (Å²) >= 11 is 3.35. The fourth-order valence-electron chi connectivity index (χ4n) is 3.32. The molecule has 154 valence electrons. The van der Waals surface area contributed by atoms with Gasteiger partial charge in [0.1, 0.15) is 0 Å². The van der Waals surface area contributed by atoms with Crippen LogP contribution in [-0.2, 0) is 17.9 Å². The summed E-state index contributed by atoms with van der Waals surface area (Å²) in [4.78, 5) is 26.3. The van der Waals surface area contributed by atoms with E-state index in [0.29, 0.717) is 25.3 Å². The van der Waals surface area contributed by atoms with E-state index in [1.165, 1.54) is 0 Å². The minimum atomic E-state index is -0.337. The smallest absolute Gasteiger partial charge is 0.319 e. The van der Waals surface area contributed by atoms with Crippen LogP contribution in [0.15, 0.2) is 59.1 Å². The van der Waals surface area contributed by atoms with Gasteiger partial charge in [-0.3, -0.25) is 4.79 Å². The maximum Gasteiger partial charge on any atom is 0.319 e. The highest BCUT2D eigenvalue weighted by molar-refractivity contribution is 9.10. The molecule has 0 aliphatic carbocycles. The fraction of sp³-hybridized carbons (Fsp3) is 0.238. The van der Waals surface area contributed by atoms with Crippen molar-refractivity contribution in [3.8, 4) is 11.4 Å². The molecular weight excluding hydrogens is 448 g/mol. The van der Waals surface area contributed by atoms with Crippen molar-refractivity contribution in [1.29, 1.82) is 0 Å². The SMILES string of the molecule is O=C(NCCC(=O)N1CCn2c(nnc2-c2ccccc2)C1)Nc1ccc(Br)cc1. The number of amides is 3. The standard InChI is InChI=1S/C21H21BrN6O2/c22-16-6-8-17(9-7-16)24-21(30)23-11-10-19(29)27-12-13-28-18(14-27)25-26-20(28)15-4-2-1-3-5-15/h1-9H,10-14H2,(H2,23,24,30). The molecule has 3 amide bonds. The van der Waals surface area contributed by atoms with Crippen LogP contribution in [0.3, 0.4) is 0 Å². The average molecular weight is 469 g/mol. The molecule has 3 aromatic rings. The quantitative estimate of drug-likeness (QED) is 0.600. The van der Waals surface area contributed by atoms with Crippen LogP contribution in [0.25, 0.3) is 11.4 Å². The molecule has 8 nitrogen and oxygen atoms in total. The first-order chi connectivity index (χ1) is 14.6. The predicted octanol–water partition coefficient (Wildman–Crippen LogP) is 3.26. The van der Waals surface area contributed by atoms with Crippen molar-refractivity contribution in [1.82, 2.24) is 25.0 Å². The van der Waals surface area contributed by atoms with E-state index in [9.17, 15) is 9.59 Å². The average Bonchev–Trinajstić information content (AvgIpc) is 3.19. The first-order valence-electron chi connectivity index (χ1n) is 9.66. The Morgan fingerprint density at radius 3 is 2.53 bits per heavy atom. The molecule has 9 heteroatoms. The number of halogens is 1. The van der Waals surface area contributed by atoms with E-state index >= 15 is 0 Å². The Kier molecular flexibility index (Phi) is 6.08. The molecule has 4 rings (SSSR count). The summed E-state index contributed by atoms with van der Waals surface area (Å²) in [6.07, 6.45) is 0.230. The van der Waals surface area contributed by atoms with E-state index in [4.69, 9.17) is 0 Å². The molecule has 0 atom stereocenters. The van der Waals surface area contributed by atoms with Crippen LogP contribution < -0.4 is 10.6 Å². The summed E-state index contributed by atoms with van der Waals surface area (Å²) in [5.74, 6) is 1.58. The third-order valence-electron chi connectivity index (χ3n) is 4.86. The van der Waals surface area contributed by atoms with Crippen LogP contribution >= 0.6 is 15.9 Å². The lowest BCUT2D eigenvalue weighted by atomic mass is 10.2. The lowest BCUT2D eigenvalue weighted by Gasteiger charge is -2.28. The summed E-state index contributed by atoms with van der Waals surface area (Å²) in [6.45, 7) is 1.92. The van der Waals surface area contributed by atoms with Crippen LogP contribution in [0.2, 0.25) is 0 Å². The molecule has 0 fully saturated rings. The number of nitrogens with zero attached hydrogens (tertiary/aromatic N) is 4. The Balaban J connectivity index is 1.27. The molecule has 0 radical (unpaired) electrons. The lowest BCUT2D eigenvalue weighted by Crippen LogP contribution is -2.40. The van der Waals surface area contributed by atoms with Gasteiger partial charge in [0.05, 0.1) is 6.54 Å². The Hall–Kier alpha value is -3.20. The zero-order valence-electron chi connectivity index (χ0n) is 16.2. The van der Waals surface area contributed by atoms with Gasteiger partial charge >= 0.3 is 6.03 Å². The van der Waals surface area contributed by atoms with Crippen LogP contribution in [0.4, 0.5) is 10.5 Å². The van der Waals surface area contributed by atoms with Gasteiger partial charge in [0.15, 0.2) is 11.6 Å². The maximum atomic E-state index is 12.6. The van der Waals surface area contributed by atoms with E-state index in [2.05, 4.69) is 41.3 Å². The molecule has 1 aliphatic rings. The number of carbonyl (C=O) groups excluding carboxylic acids is 2. The topological polar surface area (TPSA) is 92.2 Å². The van der Waals surface area contributed by atoms with Crippen LogP contribution in [-0.4, -0.2) is 44.7 Å². The Labute approximate surface area is 182 Å². The molecule has 1 aromatic heterocycles. The Morgan fingerprint density at radius 2 is 1.77 bits per heavy atom. The van der Waals surface area contributed by atoms with Gasteiger partial charge in [-0.25, -0.2) is 4.79 Å². The van der Waals surface area contributed by atoms with E-state index in [1.54, 1.807) is 17.0 Å². The van der Waals surface area contributed by atoms with Gasteiger partial charge in [0.2, 0.25) is 5.91 Å². The number of urea groups is 1. The molecule has 0 bridgehead atoms. The Bertz CT molecular complexity index is 1040. The molecule has 2 heterocycles. The van der Waals surface area contributed by atoms with Gasteiger partial charge in [-0.2, -0.15) is 0 Å². The number of nitrogens with one attached hydrogen (secondary N) is 2. The molecule has 2 aromatic carbocycles. The maximum absolute atomic E-state index is 12.6. The second-order valence-corrected chi connectivity index (χ2v) is 7.83. The van der Waals surface area contributed by atoms with Gasteiger partial charge in [0.25, 0.3) is 0 Å². The summed E-state index contributed by atoms with van der Waals surface area (Å²) in [7, 11) is 0. The second kappa shape index (κ2) is 9.08. The summed E-state index contributed by atoms with van der Waals surface area (Å²) in [6, 6.07) is 16.8. The minimum absolute atomic E-state index is 0.0190. The highest BCUT2D eigenvalue weighted by atomic mass is 79.9. The molecule has 0 unspecified atom stereocenters. The monoisotopic (exact) mass is 468 g/mol. The largest absolute Gasteiger partial charge is 0.337 e. The van der Waals surface area contributed by atoms with E-state index in [0.717, 1.165) is 21.7 Å². The minimum Gasteiger partial charge on any atom is -0.337 e. The third-order valence-corrected chi connectivity index (χ3v) is 5.39. The van der Waals surface area contributed by atoms with Crippen molar-refractivity contribution < 1.29 is 9.59 Å². The first kappa shape index (κ1) is 20.1. The number of anilines is 1. The van der Waals surface area contributed by atoms with Gasteiger partial charge in [-0.05, 0) is 24.3 Å². The molecular formula is C21H21BrN6O2. The normalized spacial score (nSPS) is 12.9. The second-order valence-electron chi connectivity index (χ2n) is 6.91. The van der Waals surface area contributed by atoms with Crippen molar-refractivity contribution >= 4 is 33.6 Å². The molecule has 0 spiro atoms. The molecule has 0 saturated heterocycles. The van der Waals surface area contributed by atoms with Gasteiger partial charge < -0.3 is 20.1 Å².